The molecule has 0 aromatic heterocycles. The van der Waals surface area contributed by atoms with Gasteiger partial charge < -0.3 is 10.2 Å². The molecule has 1 aliphatic rings. The Hall–Kier alpha value is -0.760. The third kappa shape index (κ3) is 1.21. The molecule has 0 unspecified atom stereocenters. The number of hydrogen-bond acceptors (Lipinski definition) is 2. The normalized spacial score (nSPS) is 18.3. The molecule has 0 aromatic rings. The first-order valence-corrected chi connectivity index (χ1v) is 3.51. The van der Waals surface area contributed by atoms with Gasteiger partial charge in [0.05, 0.1) is 0 Å². The summed E-state index contributed by atoms with van der Waals surface area (Å²) in [6.07, 6.45) is 1.80. The monoisotopic (exact) mass is 138 g/mol. The van der Waals surface area contributed by atoms with E-state index in [2.05, 4.69) is 23.4 Å². The van der Waals surface area contributed by atoms with Gasteiger partial charge >= 0.3 is 0 Å². The predicted octanol–water partition coefficient (Wildman–Crippen LogP) is 0.590. The fraction of sp³-hybridized carbons (Fsp3) is 0.500. The number of nitrogens with zero attached hydrogens (tertiary/aromatic N) is 1. The molecule has 0 bridgehead atoms. The standard InChI is InChI=1S/C8H14N2/c1-4-7(2)10-5-8(6-10)9-3/h4,8-9H,1-2,5-6H2,3H3. The second kappa shape index (κ2) is 2.88. The molecule has 56 valence electrons. The third-order valence-corrected chi connectivity index (χ3v) is 1.93. The molecule has 1 saturated heterocycles. The van der Waals surface area contributed by atoms with Crippen molar-refractivity contribution < 1.29 is 0 Å². The molecule has 1 aliphatic heterocycles. The predicted molar refractivity (Wildman–Crippen MR) is 43.8 cm³/mol. The van der Waals surface area contributed by atoms with E-state index in [4.69, 9.17) is 0 Å². The highest BCUT2D eigenvalue weighted by molar-refractivity contribution is 5.13. The minimum atomic E-state index is 0.650. The summed E-state index contributed by atoms with van der Waals surface area (Å²) in [6.45, 7) is 9.64. The van der Waals surface area contributed by atoms with Gasteiger partial charge in [-0.25, -0.2) is 0 Å². The van der Waals surface area contributed by atoms with E-state index in [1.807, 2.05) is 7.05 Å². The SMILES string of the molecule is C=CC(=C)N1CC(NC)C1. The van der Waals surface area contributed by atoms with E-state index in [1.165, 1.54) is 0 Å². The van der Waals surface area contributed by atoms with Gasteiger partial charge in [-0.3, -0.25) is 0 Å². The molecule has 0 atom stereocenters. The Morgan fingerprint density at radius 1 is 1.70 bits per heavy atom. The number of hydrogen-bond donors (Lipinski definition) is 1. The number of allylic oxidation sites excluding steroid dienone is 1. The van der Waals surface area contributed by atoms with Crippen LogP contribution in [-0.2, 0) is 0 Å². The molecular formula is C8H14N2. The van der Waals surface area contributed by atoms with Crippen molar-refractivity contribution >= 4 is 0 Å². The summed E-state index contributed by atoms with van der Waals surface area (Å²) in [5, 5.41) is 3.19. The third-order valence-electron chi connectivity index (χ3n) is 1.93. The lowest BCUT2D eigenvalue weighted by Gasteiger charge is -2.41. The van der Waals surface area contributed by atoms with Gasteiger partial charge in [0.2, 0.25) is 0 Å². The Bertz CT molecular complexity index is 145. The maximum absolute atomic E-state index is 3.84. The maximum Gasteiger partial charge on any atom is 0.0417 e. The molecular weight excluding hydrogens is 124 g/mol. The van der Waals surface area contributed by atoms with E-state index in [0.717, 1.165) is 18.8 Å². The van der Waals surface area contributed by atoms with Crippen molar-refractivity contribution in [2.24, 2.45) is 0 Å². The van der Waals surface area contributed by atoms with E-state index in [1.54, 1.807) is 6.08 Å². The van der Waals surface area contributed by atoms with Crippen molar-refractivity contribution in [3.8, 4) is 0 Å². The molecule has 2 nitrogen and oxygen atoms in total. The van der Waals surface area contributed by atoms with Gasteiger partial charge in [-0.1, -0.05) is 13.2 Å². The van der Waals surface area contributed by atoms with Crippen LogP contribution in [0.4, 0.5) is 0 Å². The lowest BCUT2D eigenvalue weighted by Crippen LogP contribution is -2.55. The Morgan fingerprint density at radius 2 is 2.30 bits per heavy atom. The molecule has 1 fully saturated rings. The van der Waals surface area contributed by atoms with Crippen molar-refractivity contribution in [3.05, 3.63) is 24.9 Å². The van der Waals surface area contributed by atoms with Crippen LogP contribution < -0.4 is 5.32 Å². The van der Waals surface area contributed by atoms with Gasteiger partial charge in [0.15, 0.2) is 0 Å². The maximum atomic E-state index is 3.84. The van der Waals surface area contributed by atoms with Crippen molar-refractivity contribution in [1.82, 2.24) is 10.2 Å². The van der Waals surface area contributed by atoms with Gasteiger partial charge in [-0.2, -0.15) is 0 Å². The highest BCUT2D eigenvalue weighted by atomic mass is 15.2. The van der Waals surface area contributed by atoms with Gasteiger partial charge in [-0.05, 0) is 13.1 Å². The fourth-order valence-corrected chi connectivity index (χ4v) is 1.02. The second-order valence-corrected chi connectivity index (χ2v) is 2.59. The molecule has 2 heteroatoms. The zero-order valence-electron chi connectivity index (χ0n) is 6.43. The fourth-order valence-electron chi connectivity index (χ4n) is 1.02. The van der Waals surface area contributed by atoms with E-state index >= 15 is 0 Å². The van der Waals surface area contributed by atoms with Crippen molar-refractivity contribution in [2.45, 2.75) is 6.04 Å². The number of likely N-dealkylation sites (tertiary alicyclic amines) is 1. The molecule has 0 radical (unpaired) electrons. The van der Waals surface area contributed by atoms with E-state index in [0.29, 0.717) is 6.04 Å². The number of likely N-dealkylation sites (N-methyl/N-ethyl adjacent to an activating group) is 1. The summed E-state index contributed by atoms with van der Waals surface area (Å²) in [5.41, 5.74) is 1.03. The van der Waals surface area contributed by atoms with Crippen LogP contribution in [0.15, 0.2) is 24.9 Å². The average molecular weight is 138 g/mol. The first-order chi connectivity index (χ1) is 4.77. The van der Waals surface area contributed by atoms with Gasteiger partial charge in [-0.15, -0.1) is 0 Å². The summed E-state index contributed by atoms with van der Waals surface area (Å²) < 4.78 is 0. The van der Waals surface area contributed by atoms with Crippen LogP contribution in [0, 0.1) is 0 Å². The van der Waals surface area contributed by atoms with Crippen LogP contribution in [-0.4, -0.2) is 31.1 Å². The van der Waals surface area contributed by atoms with E-state index in [-0.39, 0.29) is 0 Å². The molecule has 0 spiro atoms. The lowest BCUT2D eigenvalue weighted by atomic mass is 10.1. The minimum Gasteiger partial charge on any atom is -0.369 e. The first-order valence-electron chi connectivity index (χ1n) is 3.51. The molecule has 0 aromatic carbocycles. The molecule has 1 rings (SSSR count). The summed E-state index contributed by atoms with van der Waals surface area (Å²) in [5.74, 6) is 0. The zero-order valence-corrected chi connectivity index (χ0v) is 6.43. The molecule has 0 amide bonds. The Morgan fingerprint density at radius 3 is 2.70 bits per heavy atom. The van der Waals surface area contributed by atoms with E-state index in [9.17, 15) is 0 Å². The Labute approximate surface area is 62.2 Å². The summed E-state index contributed by atoms with van der Waals surface area (Å²) in [7, 11) is 1.98. The van der Waals surface area contributed by atoms with Crippen molar-refractivity contribution in [1.29, 1.82) is 0 Å². The lowest BCUT2D eigenvalue weighted by molar-refractivity contribution is 0.184. The molecule has 0 aliphatic carbocycles. The minimum absolute atomic E-state index is 0.650. The van der Waals surface area contributed by atoms with Gasteiger partial charge in [0.1, 0.15) is 0 Å². The van der Waals surface area contributed by atoms with Crippen LogP contribution in [0.25, 0.3) is 0 Å². The average Bonchev–Trinajstić information content (AvgIpc) is 1.85. The highest BCUT2D eigenvalue weighted by Crippen LogP contribution is 2.13. The molecule has 1 N–H and O–H groups in total. The summed E-state index contributed by atoms with van der Waals surface area (Å²) in [4.78, 5) is 2.20. The van der Waals surface area contributed by atoms with Gasteiger partial charge in [0, 0.05) is 24.8 Å². The second-order valence-electron chi connectivity index (χ2n) is 2.59. The highest BCUT2D eigenvalue weighted by Gasteiger charge is 2.24. The van der Waals surface area contributed by atoms with Crippen molar-refractivity contribution in [2.75, 3.05) is 20.1 Å². The molecule has 1 heterocycles. The Kier molecular flexibility index (Phi) is 2.12. The largest absolute Gasteiger partial charge is 0.369 e. The van der Waals surface area contributed by atoms with Crippen LogP contribution in [0.1, 0.15) is 0 Å². The quantitative estimate of drug-likeness (QED) is 0.574. The Balaban J connectivity index is 2.25. The van der Waals surface area contributed by atoms with Gasteiger partial charge in [0.25, 0.3) is 0 Å². The van der Waals surface area contributed by atoms with Crippen LogP contribution >= 0.6 is 0 Å². The number of rotatable bonds is 3. The number of nitrogens with one attached hydrogen (secondary N) is 1. The summed E-state index contributed by atoms with van der Waals surface area (Å²) in [6, 6.07) is 0.650. The first kappa shape index (κ1) is 7.35. The van der Waals surface area contributed by atoms with Crippen molar-refractivity contribution in [3.63, 3.8) is 0 Å². The smallest absolute Gasteiger partial charge is 0.0417 e. The topological polar surface area (TPSA) is 15.3 Å². The molecule has 10 heavy (non-hydrogen) atoms. The van der Waals surface area contributed by atoms with Crippen LogP contribution in [0.3, 0.4) is 0 Å². The zero-order chi connectivity index (χ0) is 7.56. The molecule has 0 saturated carbocycles. The van der Waals surface area contributed by atoms with Crippen LogP contribution in [0.5, 0.6) is 0 Å². The van der Waals surface area contributed by atoms with Crippen LogP contribution in [0.2, 0.25) is 0 Å². The van der Waals surface area contributed by atoms with E-state index < -0.39 is 0 Å². The summed E-state index contributed by atoms with van der Waals surface area (Å²) >= 11 is 0.